The lowest BCUT2D eigenvalue weighted by molar-refractivity contribution is -0.133. The van der Waals surface area contributed by atoms with Crippen LogP contribution < -0.4 is 4.74 Å². The fourth-order valence-corrected chi connectivity index (χ4v) is 4.41. The van der Waals surface area contributed by atoms with Crippen molar-refractivity contribution < 1.29 is 14.3 Å². The molecule has 0 unspecified atom stereocenters. The zero-order valence-electron chi connectivity index (χ0n) is 18.9. The monoisotopic (exact) mass is 442 g/mol. The molecule has 0 radical (unpaired) electrons. The number of ether oxygens (including phenoxy) is 1. The van der Waals surface area contributed by atoms with Crippen molar-refractivity contribution in [3.05, 3.63) is 52.2 Å². The predicted octanol–water partition coefficient (Wildman–Crippen LogP) is 4.51. The molecule has 1 aliphatic heterocycles. The highest BCUT2D eigenvalue weighted by molar-refractivity contribution is 7.10. The van der Waals surface area contributed by atoms with Gasteiger partial charge >= 0.3 is 0 Å². The first-order chi connectivity index (χ1) is 14.8. The second kappa shape index (κ2) is 10.8. The molecule has 3 rings (SSSR count). The quantitative estimate of drug-likeness (QED) is 0.593. The highest BCUT2D eigenvalue weighted by Crippen LogP contribution is 2.24. The van der Waals surface area contributed by atoms with E-state index in [-0.39, 0.29) is 17.2 Å². The summed E-state index contributed by atoms with van der Waals surface area (Å²) >= 11 is 1.61. The highest BCUT2D eigenvalue weighted by atomic mass is 32.1. The van der Waals surface area contributed by atoms with E-state index in [2.05, 4.69) is 32.9 Å². The fourth-order valence-electron chi connectivity index (χ4n) is 3.71. The van der Waals surface area contributed by atoms with Crippen molar-refractivity contribution >= 4 is 23.2 Å². The minimum absolute atomic E-state index is 0.127. The summed E-state index contributed by atoms with van der Waals surface area (Å²) in [6, 6.07) is 12.2. The third kappa shape index (κ3) is 7.10. The molecule has 31 heavy (non-hydrogen) atoms. The molecule has 2 amide bonds. The van der Waals surface area contributed by atoms with Crippen LogP contribution in [0.15, 0.2) is 41.8 Å². The first kappa shape index (κ1) is 23.3. The van der Waals surface area contributed by atoms with Gasteiger partial charge in [0.2, 0.25) is 11.8 Å². The Morgan fingerprint density at radius 1 is 0.968 bits per heavy atom. The minimum Gasteiger partial charge on any atom is -0.494 e. The zero-order valence-corrected chi connectivity index (χ0v) is 19.7. The van der Waals surface area contributed by atoms with Crippen molar-refractivity contribution in [3.8, 4) is 5.75 Å². The Balaban J connectivity index is 1.37. The van der Waals surface area contributed by atoms with Crippen LogP contribution in [0.5, 0.6) is 5.75 Å². The van der Waals surface area contributed by atoms with Gasteiger partial charge in [-0.05, 0) is 47.4 Å². The number of carbonyl (C=O) groups is 2. The maximum Gasteiger partial charge on any atom is 0.227 e. The second-order valence-electron chi connectivity index (χ2n) is 9.10. The zero-order chi connectivity index (χ0) is 22.3. The van der Waals surface area contributed by atoms with Crippen LogP contribution in [0.1, 0.15) is 50.5 Å². The van der Waals surface area contributed by atoms with Crippen molar-refractivity contribution in [2.75, 3.05) is 32.8 Å². The van der Waals surface area contributed by atoms with Crippen LogP contribution in [0.25, 0.3) is 0 Å². The van der Waals surface area contributed by atoms with E-state index in [9.17, 15) is 9.59 Å². The van der Waals surface area contributed by atoms with Crippen molar-refractivity contribution in [2.24, 2.45) is 0 Å². The average Bonchev–Trinajstić information content (AvgIpc) is 3.11. The molecule has 1 aliphatic rings. The Morgan fingerprint density at radius 2 is 1.65 bits per heavy atom. The minimum atomic E-state index is 0.127. The maximum absolute atomic E-state index is 12.6. The van der Waals surface area contributed by atoms with Gasteiger partial charge < -0.3 is 14.5 Å². The van der Waals surface area contributed by atoms with Gasteiger partial charge in [0, 0.05) is 37.5 Å². The predicted molar refractivity (Wildman–Crippen MR) is 126 cm³/mol. The summed E-state index contributed by atoms with van der Waals surface area (Å²) in [4.78, 5) is 30.0. The van der Waals surface area contributed by atoms with Crippen molar-refractivity contribution in [1.82, 2.24) is 9.80 Å². The summed E-state index contributed by atoms with van der Waals surface area (Å²) in [6.45, 7) is 9.78. The van der Waals surface area contributed by atoms with Gasteiger partial charge in [-0.15, -0.1) is 11.3 Å². The van der Waals surface area contributed by atoms with Gasteiger partial charge in [0.1, 0.15) is 5.75 Å². The first-order valence-electron chi connectivity index (χ1n) is 11.1. The molecule has 1 fully saturated rings. The Bertz CT molecular complexity index is 841. The SMILES string of the molecule is CC(C)(C)c1ccc(OCCCC(=O)N2CCCN(C(=O)Cc3cccs3)CC2)cc1. The smallest absolute Gasteiger partial charge is 0.227 e. The molecule has 2 aromatic rings. The Morgan fingerprint density at radius 3 is 2.26 bits per heavy atom. The van der Waals surface area contributed by atoms with E-state index in [1.54, 1.807) is 11.3 Å². The largest absolute Gasteiger partial charge is 0.494 e. The number of hydrogen-bond donors (Lipinski definition) is 0. The van der Waals surface area contributed by atoms with E-state index >= 15 is 0 Å². The third-order valence-electron chi connectivity index (χ3n) is 5.63. The maximum atomic E-state index is 12.6. The van der Waals surface area contributed by atoms with Gasteiger partial charge in [-0.2, -0.15) is 0 Å². The Hall–Kier alpha value is -2.34. The highest BCUT2D eigenvalue weighted by Gasteiger charge is 2.22. The molecule has 0 spiro atoms. The summed E-state index contributed by atoms with van der Waals surface area (Å²) < 4.78 is 5.81. The number of amides is 2. The molecule has 1 aromatic carbocycles. The summed E-state index contributed by atoms with van der Waals surface area (Å²) in [5, 5.41) is 2.00. The number of benzene rings is 1. The number of hydrogen-bond acceptors (Lipinski definition) is 4. The third-order valence-corrected chi connectivity index (χ3v) is 6.51. The van der Waals surface area contributed by atoms with Crippen LogP contribution in [0.3, 0.4) is 0 Å². The van der Waals surface area contributed by atoms with Gasteiger partial charge in [-0.1, -0.05) is 39.0 Å². The molecule has 0 atom stereocenters. The van der Waals surface area contributed by atoms with Gasteiger partial charge in [0.25, 0.3) is 0 Å². The molecular formula is C25H34N2O3S. The lowest BCUT2D eigenvalue weighted by Gasteiger charge is -2.22. The summed E-state index contributed by atoms with van der Waals surface area (Å²) in [5.74, 6) is 1.15. The second-order valence-corrected chi connectivity index (χ2v) is 10.1. The molecule has 1 saturated heterocycles. The van der Waals surface area contributed by atoms with Crippen molar-refractivity contribution in [1.29, 1.82) is 0 Å². The molecule has 0 saturated carbocycles. The van der Waals surface area contributed by atoms with Crippen molar-refractivity contribution in [2.45, 2.75) is 51.9 Å². The molecular weight excluding hydrogens is 408 g/mol. The average molecular weight is 443 g/mol. The summed E-state index contributed by atoms with van der Waals surface area (Å²) in [7, 11) is 0. The standard InChI is InChI=1S/C25H34N2O3S/c1-25(2,3)20-9-11-21(12-10-20)30-17-4-8-23(28)26-13-6-14-27(16-15-26)24(29)19-22-7-5-18-31-22/h5,7,9-12,18H,4,6,8,13-17,19H2,1-3H3. The van der Waals surface area contributed by atoms with E-state index in [1.165, 1.54) is 5.56 Å². The van der Waals surface area contributed by atoms with E-state index < -0.39 is 0 Å². The van der Waals surface area contributed by atoms with E-state index in [1.807, 2.05) is 39.4 Å². The van der Waals surface area contributed by atoms with Gasteiger partial charge in [-0.3, -0.25) is 9.59 Å². The first-order valence-corrected chi connectivity index (χ1v) is 12.0. The van der Waals surface area contributed by atoms with Crippen LogP contribution in [-0.2, 0) is 21.4 Å². The van der Waals surface area contributed by atoms with Crippen LogP contribution in [0.4, 0.5) is 0 Å². The summed E-state index contributed by atoms with van der Waals surface area (Å²) in [5.41, 5.74) is 1.40. The molecule has 168 valence electrons. The Kier molecular flexibility index (Phi) is 8.13. The Labute approximate surface area is 190 Å². The molecule has 0 bridgehead atoms. The number of nitrogens with zero attached hydrogens (tertiary/aromatic N) is 2. The lowest BCUT2D eigenvalue weighted by Crippen LogP contribution is -2.37. The summed E-state index contributed by atoms with van der Waals surface area (Å²) in [6.07, 6.45) is 2.46. The van der Waals surface area contributed by atoms with Crippen LogP contribution in [0, 0.1) is 0 Å². The molecule has 2 heterocycles. The fraction of sp³-hybridized carbons (Fsp3) is 0.520. The lowest BCUT2D eigenvalue weighted by atomic mass is 9.87. The molecule has 1 aromatic heterocycles. The van der Waals surface area contributed by atoms with Gasteiger partial charge in [-0.25, -0.2) is 0 Å². The molecule has 5 nitrogen and oxygen atoms in total. The van der Waals surface area contributed by atoms with E-state index in [0.29, 0.717) is 39.0 Å². The van der Waals surface area contributed by atoms with Crippen LogP contribution in [-0.4, -0.2) is 54.4 Å². The molecule has 6 heteroatoms. The number of rotatable bonds is 7. The van der Waals surface area contributed by atoms with E-state index in [4.69, 9.17) is 4.74 Å². The molecule has 0 aliphatic carbocycles. The van der Waals surface area contributed by atoms with E-state index in [0.717, 1.165) is 30.1 Å². The molecule has 0 N–H and O–H groups in total. The van der Waals surface area contributed by atoms with Gasteiger partial charge in [0.05, 0.1) is 13.0 Å². The van der Waals surface area contributed by atoms with Gasteiger partial charge in [0.15, 0.2) is 0 Å². The van der Waals surface area contributed by atoms with Crippen LogP contribution in [0.2, 0.25) is 0 Å². The normalized spacial score (nSPS) is 14.9. The topological polar surface area (TPSA) is 49.9 Å². The number of thiophene rings is 1. The number of carbonyl (C=O) groups excluding carboxylic acids is 2. The van der Waals surface area contributed by atoms with Crippen LogP contribution >= 0.6 is 11.3 Å². The van der Waals surface area contributed by atoms with Crippen molar-refractivity contribution in [3.63, 3.8) is 0 Å².